The summed E-state index contributed by atoms with van der Waals surface area (Å²) in [6.45, 7) is 2.13. The van der Waals surface area contributed by atoms with Gasteiger partial charge in [0, 0.05) is 6.20 Å². The number of rotatable bonds is 9. The molecule has 0 aliphatic rings. The highest BCUT2D eigenvalue weighted by Gasteiger charge is 2.17. The lowest BCUT2D eigenvalue weighted by Gasteiger charge is -2.20. The lowest BCUT2D eigenvalue weighted by Crippen LogP contribution is -2.40. The van der Waals surface area contributed by atoms with Gasteiger partial charge in [0.25, 0.3) is 5.56 Å². The number of nitrogens with zero attached hydrogens (tertiary/aromatic N) is 3. The molecule has 9 heteroatoms. The van der Waals surface area contributed by atoms with Crippen LogP contribution in [-0.2, 0) is 13.1 Å². The van der Waals surface area contributed by atoms with Crippen LogP contribution in [0.1, 0.15) is 29.7 Å². The van der Waals surface area contributed by atoms with E-state index in [0.29, 0.717) is 17.3 Å². The summed E-state index contributed by atoms with van der Waals surface area (Å²) in [5.41, 5.74) is 7.28. The number of aromatic nitrogens is 3. The first kappa shape index (κ1) is 24.6. The Labute approximate surface area is 208 Å². The van der Waals surface area contributed by atoms with Gasteiger partial charge in [-0.25, -0.2) is 9.78 Å². The molecule has 4 aromatic rings. The second kappa shape index (κ2) is 10.8. The molecule has 0 aliphatic carbocycles. The van der Waals surface area contributed by atoms with Gasteiger partial charge < -0.3 is 19.9 Å². The Bertz CT molecular complexity index is 1440. The zero-order valence-corrected chi connectivity index (χ0v) is 20.4. The predicted octanol–water partition coefficient (Wildman–Crippen LogP) is 3.24. The number of methoxy groups -OCH3 is 2. The minimum absolute atomic E-state index is 0.112. The van der Waals surface area contributed by atoms with Crippen LogP contribution in [0, 0.1) is 0 Å². The van der Waals surface area contributed by atoms with Gasteiger partial charge in [0.15, 0.2) is 0 Å². The third-order valence-corrected chi connectivity index (χ3v) is 5.81. The third-order valence-electron chi connectivity index (χ3n) is 5.81. The van der Waals surface area contributed by atoms with Crippen LogP contribution in [0.15, 0.2) is 82.5 Å². The van der Waals surface area contributed by atoms with Gasteiger partial charge in [0.2, 0.25) is 5.88 Å². The number of hydrogen-bond acceptors (Lipinski definition) is 7. The smallest absolute Gasteiger partial charge is 0.334 e. The second-order valence-electron chi connectivity index (χ2n) is 8.25. The van der Waals surface area contributed by atoms with Crippen LogP contribution in [-0.4, -0.2) is 28.3 Å². The average Bonchev–Trinajstić information content (AvgIpc) is 2.89. The van der Waals surface area contributed by atoms with Gasteiger partial charge in [0.1, 0.15) is 23.4 Å². The van der Waals surface area contributed by atoms with Crippen molar-refractivity contribution in [3.63, 3.8) is 0 Å². The normalized spacial score (nSPS) is 11.6. The van der Waals surface area contributed by atoms with E-state index in [4.69, 9.17) is 19.9 Å². The molecule has 4 rings (SSSR count). The molecule has 0 saturated carbocycles. The summed E-state index contributed by atoms with van der Waals surface area (Å²) in [6, 6.07) is 19.4. The molecule has 0 saturated heterocycles. The molecule has 186 valence electrons. The predicted molar refractivity (Wildman–Crippen MR) is 137 cm³/mol. The molecule has 2 aromatic carbocycles. The Morgan fingerprint density at radius 3 is 1.92 bits per heavy atom. The quantitative estimate of drug-likeness (QED) is 0.385. The maximum Gasteiger partial charge on any atom is 0.334 e. The minimum Gasteiger partial charge on any atom is -0.497 e. The van der Waals surface area contributed by atoms with E-state index in [1.54, 1.807) is 44.7 Å². The Morgan fingerprint density at radius 1 is 0.833 bits per heavy atom. The molecular weight excluding hydrogens is 460 g/mol. The molecule has 9 nitrogen and oxygen atoms in total. The van der Waals surface area contributed by atoms with E-state index in [0.717, 1.165) is 16.7 Å². The second-order valence-corrected chi connectivity index (χ2v) is 8.25. The van der Waals surface area contributed by atoms with E-state index in [-0.39, 0.29) is 19.0 Å². The Balaban J connectivity index is 1.74. The highest BCUT2D eigenvalue weighted by molar-refractivity contribution is 5.33. The van der Waals surface area contributed by atoms with Gasteiger partial charge in [-0.2, -0.15) is 0 Å². The summed E-state index contributed by atoms with van der Waals surface area (Å²) < 4.78 is 19.2. The van der Waals surface area contributed by atoms with Gasteiger partial charge in [-0.1, -0.05) is 24.3 Å². The monoisotopic (exact) mass is 488 g/mol. The number of nitrogens with two attached hydrogens (primary N) is 1. The van der Waals surface area contributed by atoms with Crippen LogP contribution >= 0.6 is 0 Å². The molecule has 1 unspecified atom stereocenters. The molecule has 0 spiro atoms. The van der Waals surface area contributed by atoms with Crippen LogP contribution in [0.2, 0.25) is 0 Å². The SMILES string of the molecule is COc1ccc(Cn2c(OC(C)c3ccnc(N)c3)cc(=O)n(Cc3ccc(OC)cc3)c2=O)cc1. The van der Waals surface area contributed by atoms with Crippen molar-refractivity contribution in [3.8, 4) is 17.4 Å². The number of hydrogen-bond donors (Lipinski definition) is 1. The number of anilines is 1. The van der Waals surface area contributed by atoms with Crippen molar-refractivity contribution in [3.05, 3.63) is 110 Å². The van der Waals surface area contributed by atoms with Gasteiger partial charge in [-0.15, -0.1) is 0 Å². The summed E-state index contributed by atoms with van der Waals surface area (Å²) in [5, 5.41) is 0. The van der Waals surface area contributed by atoms with Crippen LogP contribution in [0.4, 0.5) is 5.82 Å². The van der Waals surface area contributed by atoms with Crippen LogP contribution in [0.3, 0.4) is 0 Å². The number of nitrogen functional groups attached to an aromatic ring is 1. The molecule has 0 fully saturated rings. The molecule has 0 amide bonds. The average molecular weight is 489 g/mol. The Kier molecular flexibility index (Phi) is 7.39. The molecule has 0 radical (unpaired) electrons. The van der Waals surface area contributed by atoms with Crippen LogP contribution < -0.4 is 31.2 Å². The molecule has 0 aliphatic heterocycles. The number of benzene rings is 2. The first-order chi connectivity index (χ1) is 17.4. The fourth-order valence-corrected chi connectivity index (χ4v) is 3.78. The molecule has 0 bridgehead atoms. The van der Waals surface area contributed by atoms with Crippen molar-refractivity contribution >= 4 is 5.82 Å². The van der Waals surface area contributed by atoms with Crippen molar-refractivity contribution < 1.29 is 14.2 Å². The van der Waals surface area contributed by atoms with Gasteiger partial charge >= 0.3 is 5.69 Å². The molecular formula is C27H28N4O5. The highest BCUT2D eigenvalue weighted by Crippen LogP contribution is 2.22. The van der Waals surface area contributed by atoms with Crippen molar-refractivity contribution in [1.82, 2.24) is 14.1 Å². The summed E-state index contributed by atoms with van der Waals surface area (Å²) in [5.74, 6) is 1.91. The first-order valence-corrected chi connectivity index (χ1v) is 11.4. The topological polar surface area (TPSA) is 111 Å². The molecule has 2 aromatic heterocycles. The van der Waals surface area contributed by atoms with E-state index >= 15 is 0 Å². The van der Waals surface area contributed by atoms with E-state index in [9.17, 15) is 9.59 Å². The summed E-state index contributed by atoms with van der Waals surface area (Å²) in [6.07, 6.45) is 1.11. The standard InChI is InChI=1S/C27H28N4O5/c1-18(21-12-13-29-24(28)14-21)36-26-15-25(32)30(16-19-4-8-22(34-2)9-5-19)27(33)31(26)17-20-6-10-23(35-3)11-7-20/h4-15,18H,16-17H2,1-3H3,(H2,28,29). The number of pyridine rings is 1. The van der Waals surface area contributed by atoms with E-state index in [1.165, 1.54) is 15.2 Å². The summed E-state index contributed by atoms with van der Waals surface area (Å²) in [7, 11) is 3.17. The molecule has 36 heavy (non-hydrogen) atoms. The Morgan fingerprint density at radius 2 is 1.39 bits per heavy atom. The summed E-state index contributed by atoms with van der Waals surface area (Å²) >= 11 is 0. The van der Waals surface area contributed by atoms with Crippen molar-refractivity contribution in [2.75, 3.05) is 20.0 Å². The molecule has 2 N–H and O–H groups in total. The third kappa shape index (κ3) is 5.57. The van der Waals surface area contributed by atoms with Crippen molar-refractivity contribution in [1.29, 1.82) is 0 Å². The minimum atomic E-state index is -0.481. The van der Waals surface area contributed by atoms with E-state index in [2.05, 4.69) is 4.98 Å². The van der Waals surface area contributed by atoms with Crippen LogP contribution in [0.5, 0.6) is 17.4 Å². The highest BCUT2D eigenvalue weighted by atomic mass is 16.5. The fraction of sp³-hybridized carbons (Fsp3) is 0.222. The van der Waals surface area contributed by atoms with Crippen molar-refractivity contribution in [2.45, 2.75) is 26.1 Å². The van der Waals surface area contributed by atoms with Gasteiger partial charge in [0.05, 0.1) is 33.4 Å². The number of ether oxygens (including phenoxy) is 3. The van der Waals surface area contributed by atoms with Gasteiger partial charge in [-0.3, -0.25) is 13.9 Å². The van der Waals surface area contributed by atoms with Crippen molar-refractivity contribution in [2.24, 2.45) is 0 Å². The summed E-state index contributed by atoms with van der Waals surface area (Å²) in [4.78, 5) is 30.7. The van der Waals surface area contributed by atoms with E-state index in [1.807, 2.05) is 43.3 Å². The molecule has 1 atom stereocenters. The van der Waals surface area contributed by atoms with Gasteiger partial charge in [-0.05, 0) is 60.0 Å². The lowest BCUT2D eigenvalue weighted by atomic mass is 10.1. The fourth-order valence-electron chi connectivity index (χ4n) is 3.78. The van der Waals surface area contributed by atoms with E-state index < -0.39 is 17.4 Å². The largest absolute Gasteiger partial charge is 0.497 e. The maximum absolute atomic E-state index is 13.6. The maximum atomic E-state index is 13.6. The molecule has 2 heterocycles. The first-order valence-electron chi connectivity index (χ1n) is 11.4. The zero-order chi connectivity index (χ0) is 25.7. The zero-order valence-electron chi connectivity index (χ0n) is 20.4. The lowest BCUT2D eigenvalue weighted by molar-refractivity contribution is 0.203. The Hall–Kier alpha value is -4.53. The van der Waals surface area contributed by atoms with Crippen LogP contribution in [0.25, 0.3) is 0 Å².